The molecule has 0 aliphatic carbocycles. The Balaban J connectivity index is 2.49. The zero-order valence-electron chi connectivity index (χ0n) is 9.51. The number of methoxy groups -OCH3 is 1. The topological polar surface area (TPSA) is 72.8 Å². The highest BCUT2D eigenvalue weighted by Gasteiger charge is 2.12. The smallest absolute Gasteiger partial charge is 0.341 e. The van der Waals surface area contributed by atoms with Crippen molar-refractivity contribution in [2.75, 3.05) is 13.7 Å². The van der Waals surface area contributed by atoms with Gasteiger partial charge in [0.25, 0.3) is 0 Å². The summed E-state index contributed by atoms with van der Waals surface area (Å²) in [6, 6.07) is 6.71. The fourth-order valence-electron chi connectivity index (χ4n) is 1.28. The summed E-state index contributed by atoms with van der Waals surface area (Å²) in [5, 5.41) is 8.42. The van der Waals surface area contributed by atoms with Crippen LogP contribution in [-0.4, -0.2) is 30.8 Å². The zero-order valence-corrected chi connectivity index (χ0v) is 9.51. The van der Waals surface area contributed by atoms with Gasteiger partial charge in [0.05, 0.1) is 13.7 Å². The van der Waals surface area contributed by atoms with Gasteiger partial charge < -0.3 is 14.6 Å². The lowest BCUT2D eigenvalue weighted by atomic mass is 10.2. The molecule has 0 saturated heterocycles. The largest absolute Gasteiger partial charge is 0.496 e. The van der Waals surface area contributed by atoms with Crippen molar-refractivity contribution in [3.63, 3.8) is 0 Å². The molecule has 0 bridgehead atoms. The van der Waals surface area contributed by atoms with Gasteiger partial charge in [-0.3, -0.25) is 4.79 Å². The molecule has 5 nitrogen and oxygen atoms in total. The Labute approximate surface area is 99.0 Å². The second-order valence-corrected chi connectivity index (χ2v) is 3.33. The summed E-state index contributed by atoms with van der Waals surface area (Å²) in [7, 11) is 1.47. The van der Waals surface area contributed by atoms with Crippen molar-refractivity contribution < 1.29 is 24.2 Å². The minimum Gasteiger partial charge on any atom is -0.496 e. The van der Waals surface area contributed by atoms with E-state index in [1.165, 1.54) is 7.11 Å². The van der Waals surface area contributed by atoms with Gasteiger partial charge in [0.2, 0.25) is 0 Å². The maximum Gasteiger partial charge on any atom is 0.341 e. The molecule has 1 aromatic carbocycles. The third kappa shape index (κ3) is 4.14. The van der Waals surface area contributed by atoms with Crippen LogP contribution < -0.4 is 4.74 Å². The fraction of sp³-hybridized carbons (Fsp3) is 0.333. The lowest BCUT2D eigenvalue weighted by molar-refractivity contribution is -0.137. The van der Waals surface area contributed by atoms with E-state index in [1.54, 1.807) is 24.3 Å². The highest BCUT2D eigenvalue weighted by Crippen LogP contribution is 2.18. The normalized spacial score (nSPS) is 9.71. The monoisotopic (exact) mass is 238 g/mol. The molecule has 0 saturated carbocycles. The van der Waals surface area contributed by atoms with Crippen LogP contribution in [0.15, 0.2) is 24.3 Å². The van der Waals surface area contributed by atoms with Crippen molar-refractivity contribution in [1.29, 1.82) is 0 Å². The lowest BCUT2D eigenvalue weighted by Crippen LogP contribution is -2.09. The maximum absolute atomic E-state index is 11.6. The summed E-state index contributed by atoms with van der Waals surface area (Å²) in [5.74, 6) is -0.970. The molecule has 1 rings (SSSR count). The molecule has 0 aliphatic heterocycles. The standard InChI is InChI=1S/C12H14O5/c1-16-10-6-3-2-5-9(10)12(15)17-8-4-7-11(13)14/h2-3,5-6H,4,7-8H2,1H3,(H,13,14). The summed E-state index contributed by atoms with van der Waals surface area (Å²) < 4.78 is 9.95. The second-order valence-electron chi connectivity index (χ2n) is 3.33. The van der Waals surface area contributed by atoms with Crippen LogP contribution in [-0.2, 0) is 9.53 Å². The van der Waals surface area contributed by atoms with Gasteiger partial charge in [-0.2, -0.15) is 0 Å². The number of hydrogen-bond acceptors (Lipinski definition) is 4. The Morgan fingerprint density at radius 2 is 2.00 bits per heavy atom. The number of para-hydroxylation sites is 1. The SMILES string of the molecule is COc1ccccc1C(=O)OCCCC(=O)O. The minimum atomic E-state index is -0.904. The molecule has 0 amide bonds. The van der Waals surface area contributed by atoms with Crippen LogP contribution in [0.5, 0.6) is 5.75 Å². The van der Waals surface area contributed by atoms with Crippen LogP contribution in [0.25, 0.3) is 0 Å². The van der Waals surface area contributed by atoms with Gasteiger partial charge in [0.1, 0.15) is 11.3 Å². The fourth-order valence-corrected chi connectivity index (χ4v) is 1.28. The molecule has 92 valence electrons. The van der Waals surface area contributed by atoms with Crippen molar-refractivity contribution in [1.82, 2.24) is 0 Å². The molecule has 0 radical (unpaired) electrons. The van der Waals surface area contributed by atoms with E-state index >= 15 is 0 Å². The summed E-state index contributed by atoms with van der Waals surface area (Å²) in [6.45, 7) is 0.0865. The summed E-state index contributed by atoms with van der Waals surface area (Å²) in [6.07, 6.45) is 0.287. The Kier molecular flexibility index (Phi) is 5.00. The van der Waals surface area contributed by atoms with Crippen LogP contribution in [0.2, 0.25) is 0 Å². The van der Waals surface area contributed by atoms with Gasteiger partial charge in [0.15, 0.2) is 0 Å². The molecule has 0 atom stereocenters. The first-order valence-electron chi connectivity index (χ1n) is 5.17. The zero-order chi connectivity index (χ0) is 12.7. The minimum absolute atomic E-state index is 0.0147. The number of ether oxygens (including phenoxy) is 2. The molecule has 0 aliphatic rings. The Morgan fingerprint density at radius 1 is 1.29 bits per heavy atom. The molecule has 5 heteroatoms. The van der Waals surface area contributed by atoms with Crippen molar-refractivity contribution in [3.05, 3.63) is 29.8 Å². The number of esters is 1. The first-order chi connectivity index (χ1) is 8.15. The predicted octanol–water partition coefficient (Wildman–Crippen LogP) is 1.72. The van der Waals surface area contributed by atoms with Crippen molar-refractivity contribution in [2.45, 2.75) is 12.8 Å². The van der Waals surface area contributed by atoms with E-state index in [9.17, 15) is 9.59 Å². The third-order valence-corrected chi connectivity index (χ3v) is 2.10. The second kappa shape index (κ2) is 6.52. The van der Waals surface area contributed by atoms with E-state index in [4.69, 9.17) is 14.6 Å². The van der Waals surface area contributed by atoms with Gasteiger partial charge in [-0.1, -0.05) is 12.1 Å². The number of carboxylic acid groups (broad SMARTS) is 1. The van der Waals surface area contributed by atoms with Crippen LogP contribution in [0.3, 0.4) is 0 Å². The quantitative estimate of drug-likeness (QED) is 0.603. The van der Waals surface area contributed by atoms with E-state index in [-0.39, 0.29) is 13.0 Å². The molecule has 1 aromatic rings. The van der Waals surface area contributed by atoms with Crippen molar-refractivity contribution >= 4 is 11.9 Å². The number of benzene rings is 1. The predicted molar refractivity (Wildman–Crippen MR) is 60.1 cm³/mol. The van der Waals surface area contributed by atoms with E-state index in [2.05, 4.69) is 0 Å². The van der Waals surface area contributed by atoms with Crippen molar-refractivity contribution in [3.8, 4) is 5.75 Å². The average molecular weight is 238 g/mol. The maximum atomic E-state index is 11.6. The van der Waals surface area contributed by atoms with Crippen LogP contribution in [0, 0.1) is 0 Å². The number of rotatable bonds is 6. The Hall–Kier alpha value is -2.04. The molecule has 0 spiro atoms. The highest BCUT2D eigenvalue weighted by molar-refractivity contribution is 5.92. The summed E-state index contributed by atoms with van der Waals surface area (Å²) >= 11 is 0. The van der Waals surface area contributed by atoms with Crippen LogP contribution >= 0.6 is 0 Å². The number of carboxylic acids is 1. The van der Waals surface area contributed by atoms with E-state index in [0.29, 0.717) is 17.7 Å². The van der Waals surface area contributed by atoms with Gasteiger partial charge in [-0.25, -0.2) is 4.79 Å². The molecule has 0 heterocycles. The first-order valence-corrected chi connectivity index (χ1v) is 5.17. The van der Waals surface area contributed by atoms with Crippen LogP contribution in [0.4, 0.5) is 0 Å². The molecule has 17 heavy (non-hydrogen) atoms. The van der Waals surface area contributed by atoms with E-state index in [1.807, 2.05) is 0 Å². The average Bonchev–Trinajstić information content (AvgIpc) is 2.34. The number of carbonyl (C=O) groups is 2. The van der Waals surface area contributed by atoms with Gasteiger partial charge in [-0.15, -0.1) is 0 Å². The first kappa shape index (κ1) is 13.0. The third-order valence-electron chi connectivity index (χ3n) is 2.10. The molecule has 1 N–H and O–H groups in total. The molecular formula is C12H14O5. The van der Waals surface area contributed by atoms with Crippen molar-refractivity contribution in [2.24, 2.45) is 0 Å². The number of carbonyl (C=O) groups excluding carboxylic acids is 1. The molecule has 0 aromatic heterocycles. The molecule has 0 fully saturated rings. The molecular weight excluding hydrogens is 224 g/mol. The van der Waals surface area contributed by atoms with Gasteiger partial charge in [-0.05, 0) is 18.6 Å². The summed E-state index contributed by atoms with van der Waals surface area (Å²) in [5.41, 5.74) is 0.338. The van der Waals surface area contributed by atoms with Gasteiger partial charge in [0, 0.05) is 6.42 Å². The van der Waals surface area contributed by atoms with E-state index in [0.717, 1.165) is 0 Å². The van der Waals surface area contributed by atoms with E-state index < -0.39 is 11.9 Å². The number of hydrogen-bond donors (Lipinski definition) is 1. The van der Waals surface area contributed by atoms with Gasteiger partial charge >= 0.3 is 11.9 Å². The Bertz CT molecular complexity index is 400. The summed E-state index contributed by atoms with van der Waals surface area (Å²) in [4.78, 5) is 21.9. The Morgan fingerprint density at radius 3 is 2.65 bits per heavy atom. The molecule has 0 unspecified atom stereocenters. The van der Waals surface area contributed by atoms with Crippen LogP contribution in [0.1, 0.15) is 23.2 Å². The number of aliphatic carboxylic acids is 1. The highest BCUT2D eigenvalue weighted by atomic mass is 16.5. The lowest BCUT2D eigenvalue weighted by Gasteiger charge is -2.07.